The van der Waals surface area contributed by atoms with Gasteiger partial charge >= 0.3 is 0 Å². The molecule has 3 nitrogen and oxygen atoms in total. The molecule has 0 fully saturated rings. The van der Waals surface area contributed by atoms with Crippen molar-refractivity contribution in [3.8, 4) is 12.3 Å². The lowest BCUT2D eigenvalue weighted by atomic mass is 10.3. The molecule has 3 N–H and O–H groups in total. The number of benzene rings is 1. The zero-order valence-corrected chi connectivity index (χ0v) is 8.61. The van der Waals surface area contributed by atoms with E-state index in [0.29, 0.717) is 12.5 Å². The second-order valence-corrected chi connectivity index (χ2v) is 3.07. The molecule has 0 heterocycles. The average molecular weight is 201 g/mol. The monoisotopic (exact) mass is 201 g/mol. The van der Waals surface area contributed by atoms with Gasteiger partial charge in [0.15, 0.2) is 5.96 Å². The summed E-state index contributed by atoms with van der Waals surface area (Å²) in [4.78, 5) is 4.14. The number of nitrogens with one attached hydrogen (secondary N) is 1. The zero-order chi connectivity index (χ0) is 10.9. The van der Waals surface area contributed by atoms with Crippen LogP contribution < -0.4 is 11.1 Å². The van der Waals surface area contributed by atoms with Crippen molar-refractivity contribution in [3.05, 3.63) is 30.3 Å². The van der Waals surface area contributed by atoms with E-state index in [1.807, 2.05) is 30.3 Å². The van der Waals surface area contributed by atoms with Gasteiger partial charge in [-0.1, -0.05) is 18.2 Å². The van der Waals surface area contributed by atoms with E-state index in [9.17, 15) is 0 Å². The molecule has 0 saturated heterocycles. The zero-order valence-electron chi connectivity index (χ0n) is 8.61. The van der Waals surface area contributed by atoms with Crippen LogP contribution in [0.5, 0.6) is 0 Å². The van der Waals surface area contributed by atoms with Crippen LogP contribution in [0.15, 0.2) is 35.3 Å². The van der Waals surface area contributed by atoms with E-state index in [-0.39, 0.29) is 0 Å². The first-order valence-corrected chi connectivity index (χ1v) is 4.88. The first-order chi connectivity index (χ1) is 7.33. The van der Waals surface area contributed by atoms with Crippen LogP contribution in [0, 0.1) is 12.3 Å². The number of terminal acetylenes is 1. The van der Waals surface area contributed by atoms with Crippen molar-refractivity contribution in [2.75, 3.05) is 11.9 Å². The highest BCUT2D eigenvalue weighted by atomic mass is 15.1. The fourth-order valence-electron chi connectivity index (χ4n) is 1.09. The first-order valence-electron chi connectivity index (χ1n) is 4.88. The predicted octanol–water partition coefficient (Wildman–Crippen LogP) is 1.83. The Bertz CT molecular complexity index is 349. The number of anilines is 1. The van der Waals surface area contributed by atoms with Crippen LogP contribution >= 0.6 is 0 Å². The van der Waals surface area contributed by atoms with Gasteiger partial charge in [-0.25, -0.2) is 0 Å². The Morgan fingerprint density at radius 1 is 1.40 bits per heavy atom. The van der Waals surface area contributed by atoms with Gasteiger partial charge in [0.05, 0.1) is 0 Å². The molecule has 0 radical (unpaired) electrons. The summed E-state index contributed by atoms with van der Waals surface area (Å²) in [5.41, 5.74) is 6.62. The lowest BCUT2D eigenvalue weighted by Gasteiger charge is -2.04. The number of para-hydroxylation sites is 1. The largest absolute Gasteiger partial charge is 0.370 e. The summed E-state index contributed by atoms with van der Waals surface area (Å²) in [6, 6.07) is 9.70. The van der Waals surface area contributed by atoms with Crippen LogP contribution in [-0.2, 0) is 0 Å². The van der Waals surface area contributed by atoms with Gasteiger partial charge in [0.25, 0.3) is 0 Å². The highest BCUT2D eigenvalue weighted by molar-refractivity contribution is 5.92. The van der Waals surface area contributed by atoms with Crippen molar-refractivity contribution in [3.63, 3.8) is 0 Å². The predicted molar refractivity (Wildman–Crippen MR) is 64.6 cm³/mol. The van der Waals surface area contributed by atoms with Crippen molar-refractivity contribution in [2.45, 2.75) is 12.8 Å². The Kier molecular flexibility index (Phi) is 4.82. The number of guanidine groups is 1. The molecule has 1 rings (SSSR count). The molecule has 0 bridgehead atoms. The lowest BCUT2D eigenvalue weighted by Crippen LogP contribution is -2.22. The second kappa shape index (κ2) is 6.50. The molecule has 0 aliphatic carbocycles. The molecule has 0 aliphatic heterocycles. The van der Waals surface area contributed by atoms with E-state index < -0.39 is 0 Å². The third kappa shape index (κ3) is 4.72. The van der Waals surface area contributed by atoms with Gasteiger partial charge in [0.2, 0.25) is 0 Å². The maximum atomic E-state index is 5.68. The maximum absolute atomic E-state index is 5.68. The van der Waals surface area contributed by atoms with E-state index in [2.05, 4.69) is 16.2 Å². The van der Waals surface area contributed by atoms with Crippen molar-refractivity contribution >= 4 is 11.6 Å². The summed E-state index contributed by atoms with van der Waals surface area (Å²) < 4.78 is 0. The summed E-state index contributed by atoms with van der Waals surface area (Å²) in [5.74, 6) is 2.99. The standard InChI is InChI=1S/C12H15N3/c1-2-3-7-10-14-12(13)15-11-8-5-4-6-9-11/h1,4-6,8-9H,3,7,10H2,(H3,13,14,15). The number of rotatable bonds is 4. The van der Waals surface area contributed by atoms with E-state index in [0.717, 1.165) is 18.5 Å². The Labute approximate surface area is 90.4 Å². The van der Waals surface area contributed by atoms with Crippen LogP contribution in [0.25, 0.3) is 0 Å². The van der Waals surface area contributed by atoms with E-state index in [1.165, 1.54) is 0 Å². The molecular formula is C12H15N3. The van der Waals surface area contributed by atoms with Crippen LogP contribution in [0.2, 0.25) is 0 Å². The SMILES string of the molecule is C#CCCCN=C(N)Nc1ccccc1. The number of nitrogens with two attached hydrogens (primary N) is 1. The van der Waals surface area contributed by atoms with Crippen molar-refractivity contribution in [2.24, 2.45) is 10.7 Å². The topological polar surface area (TPSA) is 50.4 Å². The molecular weight excluding hydrogens is 186 g/mol. The van der Waals surface area contributed by atoms with Crippen molar-refractivity contribution in [1.82, 2.24) is 0 Å². The quantitative estimate of drug-likeness (QED) is 0.338. The summed E-state index contributed by atoms with van der Waals surface area (Å²) in [5, 5.41) is 2.99. The minimum Gasteiger partial charge on any atom is -0.370 e. The van der Waals surface area contributed by atoms with Crippen molar-refractivity contribution in [1.29, 1.82) is 0 Å². The maximum Gasteiger partial charge on any atom is 0.193 e. The number of hydrogen-bond donors (Lipinski definition) is 2. The fourth-order valence-corrected chi connectivity index (χ4v) is 1.09. The summed E-state index contributed by atoms with van der Waals surface area (Å²) in [7, 11) is 0. The fraction of sp³-hybridized carbons (Fsp3) is 0.250. The van der Waals surface area contributed by atoms with Gasteiger partial charge in [-0.3, -0.25) is 4.99 Å². The molecule has 3 heteroatoms. The average Bonchev–Trinajstić information content (AvgIpc) is 2.26. The Morgan fingerprint density at radius 2 is 2.13 bits per heavy atom. The molecule has 0 aromatic heterocycles. The van der Waals surface area contributed by atoms with Gasteiger partial charge in [0, 0.05) is 18.7 Å². The highest BCUT2D eigenvalue weighted by Gasteiger charge is 1.92. The molecule has 1 aromatic rings. The molecule has 0 amide bonds. The molecule has 0 aliphatic rings. The number of nitrogens with zero attached hydrogens (tertiary/aromatic N) is 1. The van der Waals surface area contributed by atoms with E-state index in [1.54, 1.807) is 0 Å². The smallest absolute Gasteiger partial charge is 0.193 e. The molecule has 0 atom stereocenters. The van der Waals surface area contributed by atoms with E-state index in [4.69, 9.17) is 12.2 Å². The van der Waals surface area contributed by atoms with Gasteiger partial charge in [0.1, 0.15) is 0 Å². The van der Waals surface area contributed by atoms with Crippen LogP contribution in [0.4, 0.5) is 5.69 Å². The highest BCUT2D eigenvalue weighted by Crippen LogP contribution is 2.03. The Balaban J connectivity index is 2.36. The summed E-state index contributed by atoms with van der Waals surface area (Å²) in [6.07, 6.45) is 6.73. The molecule has 0 unspecified atom stereocenters. The molecule has 78 valence electrons. The third-order valence-corrected chi connectivity index (χ3v) is 1.81. The van der Waals surface area contributed by atoms with Crippen LogP contribution in [0.3, 0.4) is 0 Å². The Hall–Kier alpha value is -1.95. The normalized spacial score (nSPS) is 10.7. The third-order valence-electron chi connectivity index (χ3n) is 1.81. The summed E-state index contributed by atoms with van der Waals surface area (Å²) >= 11 is 0. The summed E-state index contributed by atoms with van der Waals surface area (Å²) in [6.45, 7) is 0.663. The number of hydrogen-bond acceptors (Lipinski definition) is 1. The minimum absolute atomic E-state index is 0.429. The minimum atomic E-state index is 0.429. The lowest BCUT2D eigenvalue weighted by molar-refractivity contribution is 0.869. The van der Waals surface area contributed by atoms with Gasteiger partial charge < -0.3 is 11.1 Å². The van der Waals surface area contributed by atoms with Gasteiger partial charge in [-0.15, -0.1) is 12.3 Å². The van der Waals surface area contributed by atoms with Crippen LogP contribution in [-0.4, -0.2) is 12.5 Å². The van der Waals surface area contributed by atoms with Crippen LogP contribution in [0.1, 0.15) is 12.8 Å². The Morgan fingerprint density at radius 3 is 2.80 bits per heavy atom. The molecule has 0 spiro atoms. The second-order valence-electron chi connectivity index (χ2n) is 3.07. The molecule has 0 saturated carbocycles. The van der Waals surface area contributed by atoms with Crippen molar-refractivity contribution < 1.29 is 0 Å². The van der Waals surface area contributed by atoms with Gasteiger partial charge in [-0.2, -0.15) is 0 Å². The molecule has 15 heavy (non-hydrogen) atoms. The van der Waals surface area contributed by atoms with Gasteiger partial charge in [-0.05, 0) is 18.6 Å². The van der Waals surface area contributed by atoms with E-state index >= 15 is 0 Å². The number of aliphatic imine (C=N–C) groups is 1. The first kappa shape index (κ1) is 11.1. The molecule has 1 aromatic carbocycles. The number of unbranched alkanes of at least 4 members (excludes halogenated alkanes) is 1.